The van der Waals surface area contributed by atoms with Crippen LogP contribution < -0.4 is 14.8 Å². The summed E-state index contributed by atoms with van der Waals surface area (Å²) in [7, 11) is 3.19. The van der Waals surface area contributed by atoms with Crippen LogP contribution in [0.5, 0.6) is 11.5 Å². The SMILES string of the molecule is COc1ccc(CCNC(=O)c2cc(-c3cc(Cl)ccc3Cl)oc2C)cc1OC. The number of hydrogen-bond acceptors (Lipinski definition) is 4. The molecule has 0 aliphatic rings. The molecule has 0 radical (unpaired) electrons. The summed E-state index contributed by atoms with van der Waals surface area (Å²) >= 11 is 12.3. The largest absolute Gasteiger partial charge is 0.493 e. The van der Waals surface area contributed by atoms with E-state index in [1.807, 2.05) is 18.2 Å². The molecule has 0 unspecified atom stereocenters. The molecule has 1 amide bonds. The molecule has 0 fully saturated rings. The first kappa shape index (κ1) is 21.1. The Labute approximate surface area is 179 Å². The van der Waals surface area contributed by atoms with Crippen LogP contribution in [0.4, 0.5) is 0 Å². The summed E-state index contributed by atoms with van der Waals surface area (Å²) in [5.74, 6) is 2.13. The number of aryl methyl sites for hydroxylation is 1. The zero-order chi connectivity index (χ0) is 21.0. The molecule has 7 heteroatoms. The van der Waals surface area contributed by atoms with Gasteiger partial charge in [-0.25, -0.2) is 0 Å². The van der Waals surface area contributed by atoms with Crippen LogP contribution >= 0.6 is 23.2 Å². The van der Waals surface area contributed by atoms with E-state index in [-0.39, 0.29) is 5.91 Å². The third-order valence-corrected chi connectivity index (χ3v) is 5.07. The second kappa shape index (κ2) is 9.25. The van der Waals surface area contributed by atoms with E-state index < -0.39 is 0 Å². The van der Waals surface area contributed by atoms with Crippen molar-refractivity contribution in [2.24, 2.45) is 0 Å². The Bertz CT molecular complexity index is 1030. The Morgan fingerprint density at radius 3 is 2.52 bits per heavy atom. The Kier molecular flexibility index (Phi) is 6.72. The second-order valence-corrected chi connectivity index (χ2v) is 7.24. The predicted octanol–water partition coefficient (Wildman–Crippen LogP) is 5.55. The quantitative estimate of drug-likeness (QED) is 0.530. The Morgan fingerprint density at radius 1 is 1.03 bits per heavy atom. The summed E-state index contributed by atoms with van der Waals surface area (Å²) in [6.45, 7) is 2.21. The smallest absolute Gasteiger partial charge is 0.254 e. The van der Waals surface area contributed by atoms with E-state index >= 15 is 0 Å². The summed E-state index contributed by atoms with van der Waals surface area (Å²) < 4.78 is 16.3. The molecular formula is C22H21Cl2NO4. The molecule has 1 aromatic heterocycles. The van der Waals surface area contributed by atoms with Crippen molar-refractivity contribution in [1.82, 2.24) is 5.32 Å². The summed E-state index contributed by atoms with van der Waals surface area (Å²) in [4.78, 5) is 12.6. The fraction of sp³-hybridized carbons (Fsp3) is 0.227. The van der Waals surface area contributed by atoms with E-state index in [9.17, 15) is 4.79 Å². The van der Waals surface area contributed by atoms with Crippen molar-refractivity contribution in [2.45, 2.75) is 13.3 Å². The number of furan rings is 1. The lowest BCUT2D eigenvalue weighted by molar-refractivity contribution is 0.0952. The van der Waals surface area contributed by atoms with Gasteiger partial charge in [-0.3, -0.25) is 4.79 Å². The number of halogens is 2. The molecule has 1 N–H and O–H groups in total. The van der Waals surface area contributed by atoms with Crippen LogP contribution in [0.1, 0.15) is 21.7 Å². The Balaban J connectivity index is 1.67. The van der Waals surface area contributed by atoms with Crippen molar-refractivity contribution >= 4 is 29.1 Å². The molecule has 0 aliphatic heterocycles. The summed E-state index contributed by atoms with van der Waals surface area (Å²) in [5.41, 5.74) is 2.13. The topological polar surface area (TPSA) is 60.7 Å². The summed E-state index contributed by atoms with van der Waals surface area (Å²) in [6, 6.07) is 12.5. The van der Waals surface area contributed by atoms with Crippen LogP contribution in [0.15, 0.2) is 46.9 Å². The Morgan fingerprint density at radius 2 is 1.79 bits per heavy atom. The van der Waals surface area contributed by atoms with Crippen molar-refractivity contribution < 1.29 is 18.7 Å². The van der Waals surface area contributed by atoms with Crippen molar-refractivity contribution in [3.8, 4) is 22.8 Å². The molecule has 152 valence electrons. The van der Waals surface area contributed by atoms with Crippen LogP contribution in [0, 0.1) is 6.92 Å². The van der Waals surface area contributed by atoms with Crippen molar-refractivity contribution in [3.05, 3.63) is 69.4 Å². The molecule has 0 bridgehead atoms. The zero-order valence-electron chi connectivity index (χ0n) is 16.3. The molecule has 1 heterocycles. The number of methoxy groups -OCH3 is 2. The van der Waals surface area contributed by atoms with Gasteiger partial charge >= 0.3 is 0 Å². The van der Waals surface area contributed by atoms with Gasteiger partial charge in [0.15, 0.2) is 11.5 Å². The minimum absolute atomic E-state index is 0.212. The average Bonchev–Trinajstić information content (AvgIpc) is 3.11. The van der Waals surface area contributed by atoms with Gasteiger partial charge in [-0.2, -0.15) is 0 Å². The van der Waals surface area contributed by atoms with Crippen molar-refractivity contribution in [2.75, 3.05) is 20.8 Å². The van der Waals surface area contributed by atoms with Gasteiger partial charge in [-0.15, -0.1) is 0 Å². The molecule has 2 aromatic carbocycles. The number of amides is 1. The van der Waals surface area contributed by atoms with Crippen molar-refractivity contribution in [3.63, 3.8) is 0 Å². The van der Waals surface area contributed by atoms with Crippen LogP contribution in [-0.2, 0) is 6.42 Å². The van der Waals surface area contributed by atoms with E-state index in [1.165, 1.54) is 0 Å². The lowest BCUT2D eigenvalue weighted by Crippen LogP contribution is -2.25. The van der Waals surface area contributed by atoms with Crippen LogP contribution in [0.3, 0.4) is 0 Å². The van der Waals surface area contributed by atoms with Gasteiger partial charge in [0.05, 0.1) is 24.8 Å². The lowest BCUT2D eigenvalue weighted by Gasteiger charge is -2.10. The fourth-order valence-corrected chi connectivity index (χ4v) is 3.36. The molecular weight excluding hydrogens is 413 g/mol. The minimum atomic E-state index is -0.212. The normalized spacial score (nSPS) is 10.7. The van der Waals surface area contributed by atoms with E-state index in [0.29, 0.717) is 57.2 Å². The molecule has 29 heavy (non-hydrogen) atoms. The maximum absolute atomic E-state index is 12.6. The second-order valence-electron chi connectivity index (χ2n) is 6.40. The van der Waals surface area contributed by atoms with Crippen LogP contribution in [-0.4, -0.2) is 26.7 Å². The highest BCUT2D eigenvalue weighted by Crippen LogP contribution is 2.33. The van der Waals surface area contributed by atoms with Gasteiger partial charge in [-0.1, -0.05) is 29.3 Å². The average molecular weight is 434 g/mol. The zero-order valence-corrected chi connectivity index (χ0v) is 17.9. The molecule has 0 spiro atoms. The van der Waals surface area contributed by atoms with Gasteiger partial charge in [0.25, 0.3) is 5.91 Å². The first-order valence-corrected chi connectivity index (χ1v) is 9.73. The number of hydrogen-bond donors (Lipinski definition) is 1. The standard InChI is InChI=1S/C22H21Cl2NO4/c1-13-16(12-20(29-13)17-11-15(23)5-6-18(17)24)22(26)25-9-8-14-4-7-19(27-2)21(10-14)28-3/h4-7,10-12H,8-9H2,1-3H3,(H,25,26). The molecule has 3 rings (SSSR count). The van der Waals surface area contributed by atoms with E-state index in [0.717, 1.165) is 5.56 Å². The van der Waals surface area contributed by atoms with Crippen LogP contribution in [0.2, 0.25) is 10.0 Å². The van der Waals surface area contributed by atoms with Crippen molar-refractivity contribution in [1.29, 1.82) is 0 Å². The van der Waals surface area contributed by atoms with Gasteiger partial charge in [-0.05, 0) is 55.3 Å². The van der Waals surface area contributed by atoms with Gasteiger partial charge in [0.2, 0.25) is 0 Å². The van der Waals surface area contributed by atoms with E-state index in [2.05, 4.69) is 5.32 Å². The molecule has 0 atom stereocenters. The van der Waals surface area contributed by atoms with Crippen LogP contribution in [0.25, 0.3) is 11.3 Å². The predicted molar refractivity (Wildman–Crippen MR) is 114 cm³/mol. The number of carbonyl (C=O) groups is 1. The molecule has 0 aliphatic carbocycles. The first-order valence-electron chi connectivity index (χ1n) is 8.98. The molecule has 5 nitrogen and oxygen atoms in total. The van der Waals surface area contributed by atoms with Gasteiger partial charge in [0.1, 0.15) is 11.5 Å². The third-order valence-electron chi connectivity index (χ3n) is 4.50. The number of ether oxygens (including phenoxy) is 2. The first-order chi connectivity index (χ1) is 13.9. The highest BCUT2D eigenvalue weighted by atomic mass is 35.5. The maximum atomic E-state index is 12.6. The summed E-state index contributed by atoms with van der Waals surface area (Å²) in [5, 5.41) is 3.96. The monoisotopic (exact) mass is 433 g/mol. The minimum Gasteiger partial charge on any atom is -0.493 e. The summed E-state index contributed by atoms with van der Waals surface area (Å²) in [6.07, 6.45) is 0.649. The highest BCUT2D eigenvalue weighted by Gasteiger charge is 2.17. The van der Waals surface area contributed by atoms with Gasteiger partial charge in [0, 0.05) is 17.1 Å². The number of benzene rings is 2. The van der Waals surface area contributed by atoms with E-state index in [4.69, 9.17) is 37.1 Å². The molecule has 0 saturated carbocycles. The maximum Gasteiger partial charge on any atom is 0.254 e. The fourth-order valence-electron chi connectivity index (χ4n) is 2.98. The molecule has 3 aromatic rings. The number of rotatable bonds is 7. The van der Waals surface area contributed by atoms with Gasteiger partial charge < -0.3 is 19.2 Å². The highest BCUT2D eigenvalue weighted by molar-refractivity contribution is 6.35. The Hall–Kier alpha value is -2.63. The van der Waals surface area contributed by atoms with E-state index in [1.54, 1.807) is 45.4 Å². The molecule has 0 saturated heterocycles. The lowest BCUT2D eigenvalue weighted by atomic mass is 10.1. The third kappa shape index (κ3) is 4.86. The number of carbonyl (C=O) groups excluding carboxylic acids is 1. The number of nitrogens with one attached hydrogen (secondary N) is 1.